The minimum atomic E-state index is -5.92. The number of hydrogen-bond acceptors (Lipinski definition) is 8. The first-order valence-corrected chi connectivity index (χ1v) is 9.49. The molecular formula is C16H14F3N3O5S. The molecule has 12 heteroatoms. The molecule has 2 aromatic heterocycles. The Hall–Kier alpha value is -2.60. The Morgan fingerprint density at radius 3 is 2.68 bits per heavy atom. The predicted molar refractivity (Wildman–Crippen MR) is 88.1 cm³/mol. The quantitative estimate of drug-likeness (QED) is 0.410. The van der Waals surface area contributed by atoms with Gasteiger partial charge in [0.05, 0.1) is 31.0 Å². The van der Waals surface area contributed by atoms with Crippen LogP contribution < -0.4 is 4.18 Å². The van der Waals surface area contributed by atoms with Crippen LogP contribution in [-0.2, 0) is 34.1 Å². The number of hydrogen-bond donors (Lipinski definition) is 0. The molecule has 0 N–H and O–H groups in total. The van der Waals surface area contributed by atoms with Gasteiger partial charge in [-0.1, -0.05) is 0 Å². The van der Waals surface area contributed by atoms with Gasteiger partial charge >= 0.3 is 15.6 Å². The molecule has 28 heavy (non-hydrogen) atoms. The molecule has 3 rings (SSSR count). The third-order valence-corrected chi connectivity index (χ3v) is 4.87. The van der Waals surface area contributed by atoms with E-state index >= 15 is 0 Å². The molecule has 3 heterocycles. The molecule has 0 saturated carbocycles. The number of Topliss-reactive ketones (excluding diaryl/α,β-unsaturated/α-hetero) is 1. The maximum absolute atomic E-state index is 12.7. The number of carbonyl (C=O) groups excluding carboxylic acids is 1. The normalized spacial score (nSPS) is 14.8. The fourth-order valence-electron chi connectivity index (χ4n) is 2.67. The SMILES string of the molecule is O=C(Cc1cccnn1)c1cc(OS(=O)(=O)C(F)(F)F)nc2c1CCOCC2. The first kappa shape index (κ1) is 20.1. The lowest BCUT2D eigenvalue weighted by atomic mass is 9.97. The Labute approximate surface area is 157 Å². The van der Waals surface area contributed by atoms with Crippen LogP contribution in [-0.4, -0.2) is 48.1 Å². The van der Waals surface area contributed by atoms with E-state index in [4.69, 9.17) is 4.74 Å². The zero-order valence-electron chi connectivity index (χ0n) is 14.3. The van der Waals surface area contributed by atoms with Crippen molar-refractivity contribution in [2.75, 3.05) is 13.2 Å². The van der Waals surface area contributed by atoms with Gasteiger partial charge in [-0.15, -0.1) is 0 Å². The van der Waals surface area contributed by atoms with Gasteiger partial charge in [0.2, 0.25) is 5.88 Å². The second-order valence-corrected chi connectivity index (χ2v) is 7.38. The maximum atomic E-state index is 12.7. The highest BCUT2D eigenvalue weighted by molar-refractivity contribution is 7.87. The zero-order chi connectivity index (χ0) is 20.4. The van der Waals surface area contributed by atoms with Gasteiger partial charge in [-0.2, -0.15) is 31.8 Å². The molecule has 1 aliphatic rings. The number of fused-ring (bicyclic) bond motifs is 1. The zero-order valence-corrected chi connectivity index (χ0v) is 15.1. The van der Waals surface area contributed by atoms with Gasteiger partial charge < -0.3 is 8.92 Å². The summed E-state index contributed by atoms with van der Waals surface area (Å²) in [5.41, 5.74) is -4.49. The van der Waals surface area contributed by atoms with Crippen molar-refractivity contribution >= 4 is 15.9 Å². The molecule has 0 fully saturated rings. The Morgan fingerprint density at radius 2 is 2.00 bits per heavy atom. The van der Waals surface area contributed by atoms with Crippen LogP contribution in [0, 0.1) is 0 Å². The fraction of sp³-hybridized carbons (Fsp3) is 0.375. The van der Waals surface area contributed by atoms with E-state index in [9.17, 15) is 26.4 Å². The van der Waals surface area contributed by atoms with E-state index in [0.717, 1.165) is 6.07 Å². The molecule has 0 aromatic carbocycles. The average Bonchev–Trinajstić information content (AvgIpc) is 2.86. The highest BCUT2D eigenvalue weighted by atomic mass is 32.2. The van der Waals surface area contributed by atoms with Crippen LogP contribution in [0.15, 0.2) is 24.4 Å². The van der Waals surface area contributed by atoms with Gasteiger partial charge in [-0.05, 0) is 24.1 Å². The topological polar surface area (TPSA) is 108 Å². The highest BCUT2D eigenvalue weighted by Gasteiger charge is 2.49. The van der Waals surface area contributed by atoms with Crippen LogP contribution >= 0.6 is 0 Å². The van der Waals surface area contributed by atoms with Gasteiger partial charge in [0.1, 0.15) is 0 Å². The van der Waals surface area contributed by atoms with E-state index in [1.807, 2.05) is 0 Å². The molecular weight excluding hydrogens is 403 g/mol. The summed E-state index contributed by atoms with van der Waals surface area (Å²) in [4.78, 5) is 16.6. The van der Waals surface area contributed by atoms with Crippen LogP contribution in [0.2, 0.25) is 0 Å². The second-order valence-electron chi connectivity index (χ2n) is 5.84. The first-order valence-electron chi connectivity index (χ1n) is 8.08. The van der Waals surface area contributed by atoms with E-state index in [0.29, 0.717) is 24.3 Å². The summed E-state index contributed by atoms with van der Waals surface area (Å²) in [6, 6.07) is 4.06. The van der Waals surface area contributed by atoms with Crippen LogP contribution in [0.5, 0.6) is 5.88 Å². The number of ketones is 1. The highest BCUT2D eigenvalue weighted by Crippen LogP contribution is 2.29. The summed E-state index contributed by atoms with van der Waals surface area (Å²) in [5, 5.41) is 7.47. The Kier molecular flexibility index (Phi) is 5.61. The number of halogens is 3. The van der Waals surface area contributed by atoms with Gasteiger partial charge in [0.15, 0.2) is 5.78 Å². The van der Waals surface area contributed by atoms with Gasteiger partial charge in [-0.25, -0.2) is 4.98 Å². The number of nitrogens with zero attached hydrogens (tertiary/aromatic N) is 3. The maximum Gasteiger partial charge on any atom is 0.534 e. The molecule has 0 saturated heterocycles. The summed E-state index contributed by atoms with van der Waals surface area (Å²) in [6.07, 6.45) is 1.76. The molecule has 0 bridgehead atoms. The Morgan fingerprint density at radius 1 is 1.25 bits per heavy atom. The summed E-state index contributed by atoms with van der Waals surface area (Å²) >= 11 is 0. The van der Waals surface area contributed by atoms with E-state index in [2.05, 4.69) is 19.4 Å². The molecule has 150 valence electrons. The third-order valence-electron chi connectivity index (χ3n) is 3.91. The van der Waals surface area contributed by atoms with Crippen molar-refractivity contribution in [2.24, 2.45) is 0 Å². The Balaban J connectivity index is 2.01. The molecule has 2 aromatic rings. The predicted octanol–water partition coefficient (Wildman–Crippen LogP) is 1.64. The number of aromatic nitrogens is 3. The van der Waals surface area contributed by atoms with Crippen LogP contribution in [0.25, 0.3) is 0 Å². The van der Waals surface area contributed by atoms with Crippen molar-refractivity contribution < 1.29 is 35.3 Å². The molecule has 0 atom stereocenters. The molecule has 0 amide bonds. The summed E-state index contributed by atoms with van der Waals surface area (Å²) in [6.45, 7) is 0.522. The summed E-state index contributed by atoms with van der Waals surface area (Å²) in [5.74, 6) is -1.30. The smallest absolute Gasteiger partial charge is 0.381 e. The number of carbonyl (C=O) groups is 1. The summed E-state index contributed by atoms with van der Waals surface area (Å²) in [7, 11) is -5.92. The van der Waals surface area contributed by atoms with Crippen molar-refractivity contribution in [3.63, 3.8) is 0 Å². The molecule has 0 unspecified atom stereocenters. The van der Waals surface area contributed by atoms with Crippen LogP contribution in [0.4, 0.5) is 13.2 Å². The van der Waals surface area contributed by atoms with Gasteiger partial charge in [0.25, 0.3) is 0 Å². The van der Waals surface area contributed by atoms with Crippen molar-refractivity contribution in [2.45, 2.75) is 24.8 Å². The molecule has 8 nitrogen and oxygen atoms in total. The van der Waals surface area contributed by atoms with E-state index in [-0.39, 0.29) is 30.7 Å². The monoisotopic (exact) mass is 417 g/mol. The van der Waals surface area contributed by atoms with E-state index in [1.54, 1.807) is 12.1 Å². The number of pyridine rings is 1. The van der Waals surface area contributed by atoms with E-state index in [1.165, 1.54) is 6.20 Å². The minimum absolute atomic E-state index is 0.0218. The van der Waals surface area contributed by atoms with Crippen molar-refractivity contribution in [1.82, 2.24) is 15.2 Å². The number of rotatable bonds is 5. The fourth-order valence-corrected chi connectivity index (χ4v) is 3.07. The van der Waals surface area contributed by atoms with Crippen molar-refractivity contribution in [3.05, 3.63) is 46.9 Å². The lowest BCUT2D eigenvalue weighted by Gasteiger charge is -2.14. The largest absolute Gasteiger partial charge is 0.534 e. The standard InChI is InChI=1S/C16H14F3N3O5S/c17-16(18,19)28(24,25)27-15-9-12(11-3-6-26-7-4-13(11)21-15)14(23)8-10-2-1-5-20-22-10/h1-2,5,9H,3-4,6-8H2. The minimum Gasteiger partial charge on any atom is -0.381 e. The average molecular weight is 417 g/mol. The van der Waals surface area contributed by atoms with Crippen LogP contribution in [0.1, 0.15) is 27.3 Å². The van der Waals surface area contributed by atoms with E-state index < -0.39 is 27.3 Å². The van der Waals surface area contributed by atoms with Crippen molar-refractivity contribution in [3.8, 4) is 5.88 Å². The molecule has 0 radical (unpaired) electrons. The lowest BCUT2D eigenvalue weighted by molar-refractivity contribution is -0.0501. The number of alkyl halides is 3. The van der Waals surface area contributed by atoms with Gasteiger partial charge in [0, 0.05) is 24.2 Å². The molecule has 1 aliphatic heterocycles. The van der Waals surface area contributed by atoms with Crippen LogP contribution in [0.3, 0.4) is 0 Å². The lowest BCUT2D eigenvalue weighted by Crippen LogP contribution is -2.28. The first-order chi connectivity index (χ1) is 13.2. The summed E-state index contributed by atoms with van der Waals surface area (Å²) < 4.78 is 70.0. The Bertz CT molecular complexity index is 981. The number of ether oxygens (including phenoxy) is 1. The second kappa shape index (κ2) is 7.80. The van der Waals surface area contributed by atoms with Gasteiger partial charge in [-0.3, -0.25) is 4.79 Å². The third kappa shape index (κ3) is 4.44. The molecule has 0 aliphatic carbocycles. The van der Waals surface area contributed by atoms with Crippen molar-refractivity contribution in [1.29, 1.82) is 0 Å². The molecule has 0 spiro atoms.